The second-order valence-corrected chi connectivity index (χ2v) is 6.80. The van der Waals surface area contributed by atoms with Crippen molar-refractivity contribution in [1.82, 2.24) is 4.90 Å². The molecule has 0 radical (unpaired) electrons. The topological polar surface area (TPSA) is 20.3 Å². The largest absolute Gasteiger partial charge is 0.322 e. The molecule has 0 N–H and O–H groups in total. The van der Waals surface area contributed by atoms with Gasteiger partial charge in [-0.3, -0.25) is 4.79 Å². The van der Waals surface area contributed by atoms with Gasteiger partial charge in [0.2, 0.25) is 0 Å². The van der Waals surface area contributed by atoms with Gasteiger partial charge < -0.3 is 4.90 Å². The van der Waals surface area contributed by atoms with E-state index in [2.05, 4.69) is 15.9 Å². The molecule has 0 aromatic heterocycles. The van der Waals surface area contributed by atoms with Crippen LogP contribution in [-0.4, -0.2) is 23.1 Å². The van der Waals surface area contributed by atoms with E-state index >= 15 is 0 Å². The number of benzene rings is 2. The Morgan fingerprint density at radius 3 is 2.62 bits per heavy atom. The average molecular weight is 366 g/mol. The van der Waals surface area contributed by atoms with Gasteiger partial charge in [-0.25, -0.2) is 4.39 Å². The van der Waals surface area contributed by atoms with Crippen LogP contribution >= 0.6 is 27.7 Å². The number of rotatable bonds is 2. The molecular formula is C16H13BrFNOS. The third kappa shape index (κ3) is 2.99. The van der Waals surface area contributed by atoms with E-state index in [1.807, 2.05) is 29.2 Å². The summed E-state index contributed by atoms with van der Waals surface area (Å²) in [4.78, 5) is 14.6. The maximum Gasteiger partial charge on any atom is 0.256 e. The molecule has 5 heteroatoms. The molecule has 1 unspecified atom stereocenters. The minimum absolute atomic E-state index is 0.00167. The monoisotopic (exact) mass is 365 g/mol. The molecule has 3 rings (SSSR count). The van der Waals surface area contributed by atoms with E-state index in [0.29, 0.717) is 12.1 Å². The third-order valence-corrected chi connectivity index (χ3v) is 5.36. The molecule has 1 amide bonds. The lowest BCUT2D eigenvalue weighted by molar-refractivity contribution is 0.0759. The molecule has 1 aliphatic heterocycles. The summed E-state index contributed by atoms with van der Waals surface area (Å²) >= 11 is 5.13. The molecule has 1 atom stereocenters. The fraction of sp³-hybridized carbons (Fsp3) is 0.188. The van der Waals surface area contributed by atoms with Crippen molar-refractivity contribution in [2.75, 3.05) is 12.3 Å². The highest BCUT2D eigenvalue weighted by Crippen LogP contribution is 2.39. The number of carbonyl (C=O) groups excluding carboxylic acids is 1. The molecule has 1 fully saturated rings. The van der Waals surface area contributed by atoms with Gasteiger partial charge in [-0.2, -0.15) is 0 Å². The van der Waals surface area contributed by atoms with Gasteiger partial charge in [0.05, 0.1) is 5.56 Å². The summed E-state index contributed by atoms with van der Waals surface area (Å²) in [7, 11) is 0. The maximum absolute atomic E-state index is 13.1. The zero-order chi connectivity index (χ0) is 14.8. The van der Waals surface area contributed by atoms with Gasteiger partial charge in [-0.15, -0.1) is 11.8 Å². The number of thioether (sulfide) groups is 1. The van der Waals surface area contributed by atoms with Crippen molar-refractivity contribution in [1.29, 1.82) is 0 Å². The summed E-state index contributed by atoms with van der Waals surface area (Å²) in [6.45, 7) is 0.701. The predicted octanol–water partition coefficient (Wildman–Crippen LogP) is 4.48. The quantitative estimate of drug-likeness (QED) is 0.781. The molecule has 0 saturated carbocycles. The van der Waals surface area contributed by atoms with Crippen LogP contribution in [0.1, 0.15) is 21.3 Å². The predicted molar refractivity (Wildman–Crippen MR) is 86.8 cm³/mol. The summed E-state index contributed by atoms with van der Waals surface area (Å²) in [6.07, 6.45) is 0. The average Bonchev–Trinajstić information content (AvgIpc) is 2.97. The highest BCUT2D eigenvalue weighted by Gasteiger charge is 2.31. The first-order valence-electron chi connectivity index (χ1n) is 6.59. The van der Waals surface area contributed by atoms with Crippen LogP contribution < -0.4 is 0 Å². The Morgan fingerprint density at radius 1 is 1.19 bits per heavy atom. The summed E-state index contributed by atoms with van der Waals surface area (Å²) in [6, 6.07) is 13.8. The Bertz CT molecular complexity index is 662. The third-order valence-electron chi connectivity index (χ3n) is 3.41. The van der Waals surface area contributed by atoms with Gasteiger partial charge in [0.25, 0.3) is 5.91 Å². The summed E-state index contributed by atoms with van der Waals surface area (Å²) in [5.74, 6) is 0.630. The van der Waals surface area contributed by atoms with Crippen LogP contribution in [0.5, 0.6) is 0 Å². The Balaban J connectivity index is 1.89. The number of amides is 1. The van der Waals surface area contributed by atoms with Crippen LogP contribution in [0.3, 0.4) is 0 Å². The molecule has 0 spiro atoms. The molecule has 21 heavy (non-hydrogen) atoms. The normalized spacial score (nSPS) is 18.0. The molecule has 108 valence electrons. The van der Waals surface area contributed by atoms with Gasteiger partial charge in [0.1, 0.15) is 11.2 Å². The van der Waals surface area contributed by atoms with Crippen molar-refractivity contribution in [3.8, 4) is 0 Å². The minimum Gasteiger partial charge on any atom is -0.322 e. The lowest BCUT2D eigenvalue weighted by atomic mass is 10.1. The van der Waals surface area contributed by atoms with E-state index in [1.54, 1.807) is 23.9 Å². The molecule has 1 aliphatic rings. The maximum atomic E-state index is 13.1. The van der Waals surface area contributed by atoms with Crippen molar-refractivity contribution in [3.05, 3.63) is 69.9 Å². The summed E-state index contributed by atoms with van der Waals surface area (Å²) in [5, 5.41) is -0.0507. The zero-order valence-corrected chi connectivity index (χ0v) is 13.5. The van der Waals surface area contributed by atoms with Gasteiger partial charge in [0, 0.05) is 16.8 Å². The van der Waals surface area contributed by atoms with E-state index in [9.17, 15) is 9.18 Å². The van der Waals surface area contributed by atoms with Crippen LogP contribution in [0.2, 0.25) is 0 Å². The Morgan fingerprint density at radius 2 is 1.90 bits per heavy atom. The second kappa shape index (κ2) is 6.20. The highest BCUT2D eigenvalue weighted by molar-refractivity contribution is 9.10. The van der Waals surface area contributed by atoms with Crippen LogP contribution in [0.25, 0.3) is 0 Å². The van der Waals surface area contributed by atoms with Crippen LogP contribution in [0.15, 0.2) is 53.0 Å². The molecule has 1 saturated heterocycles. The summed E-state index contributed by atoms with van der Waals surface area (Å²) in [5.41, 5.74) is 1.62. The van der Waals surface area contributed by atoms with Gasteiger partial charge in [-0.05, 0) is 45.8 Å². The Labute approximate surface area is 135 Å². The van der Waals surface area contributed by atoms with Crippen molar-refractivity contribution >= 4 is 33.6 Å². The lowest BCUT2D eigenvalue weighted by Crippen LogP contribution is -2.30. The van der Waals surface area contributed by atoms with Crippen LogP contribution in [0, 0.1) is 5.82 Å². The molecule has 2 nitrogen and oxygen atoms in total. The first-order chi connectivity index (χ1) is 10.2. The Hall–Kier alpha value is -1.33. The first kappa shape index (κ1) is 14.6. The van der Waals surface area contributed by atoms with Crippen molar-refractivity contribution < 1.29 is 9.18 Å². The number of carbonyl (C=O) groups is 1. The first-order valence-corrected chi connectivity index (χ1v) is 8.43. The molecule has 1 heterocycles. The van der Waals surface area contributed by atoms with Gasteiger partial charge in [0.15, 0.2) is 0 Å². The lowest BCUT2D eigenvalue weighted by Gasteiger charge is -2.24. The summed E-state index contributed by atoms with van der Waals surface area (Å²) < 4.78 is 13.8. The number of hydrogen-bond donors (Lipinski definition) is 0. The zero-order valence-electron chi connectivity index (χ0n) is 11.1. The molecule has 2 aromatic carbocycles. The van der Waals surface area contributed by atoms with Crippen LogP contribution in [-0.2, 0) is 0 Å². The standard InChI is InChI=1S/C16H13BrFNOS/c17-14-4-2-1-3-13(14)15(20)19-9-10-21-16(19)11-5-7-12(18)8-6-11/h1-8,16H,9-10H2. The second-order valence-electron chi connectivity index (χ2n) is 4.75. The Kier molecular flexibility index (Phi) is 4.31. The van der Waals surface area contributed by atoms with E-state index in [0.717, 1.165) is 15.8 Å². The number of halogens is 2. The van der Waals surface area contributed by atoms with E-state index in [4.69, 9.17) is 0 Å². The van der Waals surface area contributed by atoms with Crippen molar-refractivity contribution in [2.45, 2.75) is 5.37 Å². The molecule has 0 bridgehead atoms. The van der Waals surface area contributed by atoms with E-state index in [-0.39, 0.29) is 17.1 Å². The fourth-order valence-corrected chi connectivity index (χ4v) is 4.08. The molecular weight excluding hydrogens is 353 g/mol. The smallest absolute Gasteiger partial charge is 0.256 e. The van der Waals surface area contributed by atoms with Crippen molar-refractivity contribution in [2.24, 2.45) is 0 Å². The molecule has 0 aliphatic carbocycles. The number of nitrogens with zero attached hydrogens (tertiary/aromatic N) is 1. The van der Waals surface area contributed by atoms with E-state index < -0.39 is 0 Å². The van der Waals surface area contributed by atoms with Crippen LogP contribution in [0.4, 0.5) is 4.39 Å². The van der Waals surface area contributed by atoms with Gasteiger partial charge >= 0.3 is 0 Å². The fourth-order valence-electron chi connectivity index (χ4n) is 2.37. The van der Waals surface area contributed by atoms with E-state index in [1.165, 1.54) is 12.1 Å². The minimum atomic E-state index is -0.259. The number of hydrogen-bond acceptors (Lipinski definition) is 2. The SMILES string of the molecule is O=C(c1ccccc1Br)N1CCSC1c1ccc(F)cc1. The molecule has 2 aromatic rings. The van der Waals surface area contributed by atoms with Crippen molar-refractivity contribution in [3.63, 3.8) is 0 Å². The van der Waals surface area contributed by atoms with Gasteiger partial charge in [-0.1, -0.05) is 24.3 Å². The highest BCUT2D eigenvalue weighted by atomic mass is 79.9.